The second-order valence-electron chi connectivity index (χ2n) is 3.42. The average Bonchev–Trinajstić information content (AvgIpc) is 2.34. The molecule has 0 atom stereocenters. The molecule has 0 saturated carbocycles. The molecule has 90 valence electrons. The first-order valence-corrected chi connectivity index (χ1v) is 5.10. The van der Waals surface area contributed by atoms with Crippen LogP contribution in [0.3, 0.4) is 0 Å². The fourth-order valence-electron chi connectivity index (χ4n) is 1.09. The lowest BCUT2D eigenvalue weighted by Crippen LogP contribution is -2.06. The van der Waals surface area contributed by atoms with E-state index in [9.17, 15) is 9.59 Å². The summed E-state index contributed by atoms with van der Waals surface area (Å²) in [4.78, 5) is 21.6. The Morgan fingerprint density at radius 2 is 1.88 bits per heavy atom. The highest BCUT2D eigenvalue weighted by atomic mass is 16.5. The number of rotatable bonds is 5. The molecule has 0 saturated heterocycles. The molecule has 17 heavy (non-hydrogen) atoms. The molecular formula is C13H14O4. The molecule has 0 unspecified atom stereocenters. The molecule has 0 heterocycles. The van der Waals surface area contributed by atoms with E-state index in [1.165, 1.54) is 20.1 Å². The van der Waals surface area contributed by atoms with Crippen LogP contribution in [-0.2, 0) is 14.3 Å². The van der Waals surface area contributed by atoms with Crippen molar-refractivity contribution < 1.29 is 19.1 Å². The number of carbonyl (C=O) groups excluding carboxylic acids is 2. The van der Waals surface area contributed by atoms with Gasteiger partial charge in [0.2, 0.25) is 0 Å². The third kappa shape index (κ3) is 4.97. The molecule has 0 aliphatic carbocycles. The first-order valence-electron chi connectivity index (χ1n) is 5.10. The van der Waals surface area contributed by atoms with E-state index in [1.807, 2.05) is 0 Å². The van der Waals surface area contributed by atoms with Gasteiger partial charge >= 0.3 is 5.97 Å². The van der Waals surface area contributed by atoms with Crippen molar-refractivity contribution >= 4 is 17.8 Å². The predicted octanol–water partition coefficient (Wildman–Crippen LogP) is 1.84. The highest BCUT2D eigenvalue weighted by Crippen LogP contribution is 2.13. The van der Waals surface area contributed by atoms with E-state index < -0.39 is 5.97 Å². The van der Waals surface area contributed by atoms with Crippen LogP contribution in [0.1, 0.15) is 12.5 Å². The monoisotopic (exact) mass is 234 g/mol. The van der Waals surface area contributed by atoms with Gasteiger partial charge in [0.05, 0.1) is 7.11 Å². The number of ether oxygens (including phenoxy) is 2. The summed E-state index contributed by atoms with van der Waals surface area (Å²) in [6.07, 6.45) is 2.98. The molecule has 1 rings (SSSR count). The van der Waals surface area contributed by atoms with Gasteiger partial charge in [-0.25, -0.2) is 4.79 Å². The van der Waals surface area contributed by atoms with Crippen molar-refractivity contribution in [3.05, 3.63) is 35.9 Å². The third-order valence-electron chi connectivity index (χ3n) is 1.94. The minimum atomic E-state index is -0.401. The number of hydrogen-bond acceptors (Lipinski definition) is 4. The molecule has 0 amide bonds. The first-order chi connectivity index (χ1) is 8.11. The summed E-state index contributed by atoms with van der Waals surface area (Å²) in [5.41, 5.74) is 0.852. The predicted molar refractivity (Wildman–Crippen MR) is 63.7 cm³/mol. The number of methoxy groups -OCH3 is 1. The van der Waals surface area contributed by atoms with Crippen LogP contribution in [0.15, 0.2) is 30.3 Å². The van der Waals surface area contributed by atoms with Crippen molar-refractivity contribution in [3.8, 4) is 5.75 Å². The van der Waals surface area contributed by atoms with Crippen molar-refractivity contribution in [1.82, 2.24) is 0 Å². The summed E-state index contributed by atoms with van der Waals surface area (Å²) < 4.78 is 9.68. The van der Waals surface area contributed by atoms with Crippen LogP contribution < -0.4 is 4.74 Å². The number of Topliss-reactive ketones (excluding diaryl/α,β-unsaturated/α-hetero) is 1. The quantitative estimate of drug-likeness (QED) is 0.576. The Morgan fingerprint density at radius 1 is 1.24 bits per heavy atom. The van der Waals surface area contributed by atoms with Gasteiger partial charge in [-0.05, 0) is 30.7 Å². The highest BCUT2D eigenvalue weighted by Gasteiger charge is 1.97. The van der Waals surface area contributed by atoms with Crippen molar-refractivity contribution in [2.45, 2.75) is 6.92 Å². The van der Waals surface area contributed by atoms with E-state index in [1.54, 1.807) is 30.3 Å². The van der Waals surface area contributed by atoms with Crippen LogP contribution in [0.4, 0.5) is 0 Å². The zero-order valence-electron chi connectivity index (χ0n) is 9.80. The molecule has 0 aliphatic rings. The summed E-state index contributed by atoms with van der Waals surface area (Å²) in [5.74, 6) is 0.192. The van der Waals surface area contributed by atoms with E-state index in [4.69, 9.17) is 4.74 Å². The molecule has 4 nitrogen and oxygen atoms in total. The standard InChI is InChI=1S/C13H14O4/c1-10(14)9-17-12-6-3-11(4-7-12)5-8-13(15)16-2/h3-8H,9H2,1-2H3/b8-5+. The summed E-state index contributed by atoms with van der Waals surface area (Å²) in [5, 5.41) is 0. The summed E-state index contributed by atoms with van der Waals surface area (Å²) >= 11 is 0. The number of esters is 1. The average molecular weight is 234 g/mol. The fraction of sp³-hybridized carbons (Fsp3) is 0.231. The van der Waals surface area contributed by atoms with E-state index in [-0.39, 0.29) is 12.4 Å². The lowest BCUT2D eigenvalue weighted by Gasteiger charge is -2.03. The van der Waals surface area contributed by atoms with Crippen LogP contribution in [0.25, 0.3) is 6.08 Å². The molecule has 1 aromatic rings. The van der Waals surface area contributed by atoms with Crippen molar-refractivity contribution in [2.75, 3.05) is 13.7 Å². The van der Waals surface area contributed by atoms with E-state index in [2.05, 4.69) is 4.74 Å². The van der Waals surface area contributed by atoms with Crippen molar-refractivity contribution in [2.24, 2.45) is 0 Å². The maximum Gasteiger partial charge on any atom is 0.330 e. The fourth-order valence-corrected chi connectivity index (χ4v) is 1.09. The number of hydrogen-bond donors (Lipinski definition) is 0. The first kappa shape index (κ1) is 13.0. The SMILES string of the molecule is COC(=O)/C=C/c1ccc(OCC(C)=O)cc1. The number of benzene rings is 1. The maximum atomic E-state index is 10.9. The zero-order valence-corrected chi connectivity index (χ0v) is 9.80. The van der Waals surface area contributed by atoms with Gasteiger partial charge in [0.15, 0.2) is 5.78 Å². The van der Waals surface area contributed by atoms with Gasteiger partial charge in [-0.1, -0.05) is 12.1 Å². The highest BCUT2D eigenvalue weighted by molar-refractivity contribution is 5.86. The molecule has 0 bridgehead atoms. The summed E-state index contributed by atoms with van der Waals surface area (Å²) in [7, 11) is 1.32. The number of ketones is 1. The molecular weight excluding hydrogens is 220 g/mol. The molecule has 0 aromatic heterocycles. The van der Waals surface area contributed by atoms with Crippen LogP contribution in [0.5, 0.6) is 5.75 Å². The maximum absolute atomic E-state index is 10.9. The zero-order chi connectivity index (χ0) is 12.7. The van der Waals surface area contributed by atoms with E-state index >= 15 is 0 Å². The minimum absolute atomic E-state index is 0.0281. The van der Waals surface area contributed by atoms with Crippen LogP contribution in [-0.4, -0.2) is 25.5 Å². The van der Waals surface area contributed by atoms with Gasteiger partial charge in [-0.2, -0.15) is 0 Å². The second kappa shape index (κ2) is 6.48. The molecule has 0 radical (unpaired) electrons. The van der Waals surface area contributed by atoms with Gasteiger partial charge in [0.25, 0.3) is 0 Å². The third-order valence-corrected chi connectivity index (χ3v) is 1.94. The second-order valence-corrected chi connectivity index (χ2v) is 3.42. The Bertz CT molecular complexity index is 418. The van der Waals surface area contributed by atoms with Crippen molar-refractivity contribution in [1.29, 1.82) is 0 Å². The Kier molecular flexibility index (Phi) is 4.94. The van der Waals surface area contributed by atoms with Crippen LogP contribution in [0, 0.1) is 0 Å². The molecule has 4 heteroatoms. The smallest absolute Gasteiger partial charge is 0.330 e. The Hall–Kier alpha value is -2.10. The lowest BCUT2D eigenvalue weighted by molar-refractivity contribution is -0.134. The van der Waals surface area contributed by atoms with Crippen LogP contribution in [0.2, 0.25) is 0 Å². The molecule has 0 N–H and O–H groups in total. The normalized spacial score (nSPS) is 10.2. The van der Waals surface area contributed by atoms with Gasteiger partial charge in [0, 0.05) is 6.08 Å². The molecule has 0 fully saturated rings. The van der Waals surface area contributed by atoms with Gasteiger partial charge < -0.3 is 9.47 Å². The van der Waals surface area contributed by atoms with E-state index in [0.717, 1.165) is 5.56 Å². The van der Waals surface area contributed by atoms with Crippen LogP contribution >= 0.6 is 0 Å². The molecule has 0 spiro atoms. The molecule has 1 aromatic carbocycles. The Morgan fingerprint density at radius 3 is 2.41 bits per heavy atom. The lowest BCUT2D eigenvalue weighted by atomic mass is 10.2. The molecule has 0 aliphatic heterocycles. The topological polar surface area (TPSA) is 52.6 Å². The van der Waals surface area contributed by atoms with Crippen molar-refractivity contribution in [3.63, 3.8) is 0 Å². The van der Waals surface area contributed by atoms with Gasteiger partial charge in [-0.3, -0.25) is 4.79 Å². The van der Waals surface area contributed by atoms with Gasteiger partial charge in [-0.15, -0.1) is 0 Å². The summed E-state index contributed by atoms with van der Waals surface area (Å²) in [6.45, 7) is 1.53. The minimum Gasteiger partial charge on any atom is -0.486 e. The Balaban J connectivity index is 2.58. The largest absolute Gasteiger partial charge is 0.486 e. The Labute approximate surface area is 99.8 Å². The van der Waals surface area contributed by atoms with E-state index in [0.29, 0.717) is 5.75 Å². The number of carbonyl (C=O) groups is 2. The summed E-state index contributed by atoms with van der Waals surface area (Å²) in [6, 6.07) is 7.05. The van der Waals surface area contributed by atoms with Gasteiger partial charge in [0.1, 0.15) is 12.4 Å².